The lowest BCUT2D eigenvalue weighted by Crippen LogP contribution is -2.13. The van der Waals surface area contributed by atoms with E-state index in [0.717, 1.165) is 17.3 Å². The Morgan fingerprint density at radius 1 is 0.895 bits per heavy atom. The largest absolute Gasteiger partial charge is 0.378 e. The molecule has 100 valence electrons. The van der Waals surface area contributed by atoms with Crippen LogP contribution in [0.25, 0.3) is 0 Å². The van der Waals surface area contributed by atoms with E-state index in [0.29, 0.717) is 5.56 Å². The van der Waals surface area contributed by atoms with Gasteiger partial charge in [-0.3, -0.25) is 0 Å². The summed E-state index contributed by atoms with van der Waals surface area (Å²) in [6, 6.07) is 10.4. The van der Waals surface area contributed by atoms with Crippen molar-refractivity contribution in [2.75, 3.05) is 19.0 Å². The lowest BCUT2D eigenvalue weighted by molar-refractivity contribution is 0.577. The minimum Gasteiger partial charge on any atom is -0.378 e. The molecule has 0 aliphatic heterocycles. The average molecular weight is 262 g/mol. The van der Waals surface area contributed by atoms with E-state index in [1.807, 2.05) is 43.3 Å². The standard InChI is InChI=1S/C15H16F2N2/c1-19(2)14-5-3-10(4-6-14)15(18)11-7-12(16)9-13(17)8-11/h3-9,15H,18H2,1-2H3. The number of rotatable bonds is 3. The molecular formula is C15H16F2N2. The van der Waals surface area contributed by atoms with Crippen molar-refractivity contribution >= 4 is 5.69 Å². The second-order valence-electron chi connectivity index (χ2n) is 4.67. The summed E-state index contributed by atoms with van der Waals surface area (Å²) < 4.78 is 26.3. The molecule has 0 radical (unpaired) electrons. The van der Waals surface area contributed by atoms with Crippen molar-refractivity contribution in [2.24, 2.45) is 5.73 Å². The van der Waals surface area contributed by atoms with Gasteiger partial charge in [0, 0.05) is 25.8 Å². The highest BCUT2D eigenvalue weighted by Gasteiger charge is 2.11. The highest BCUT2D eigenvalue weighted by atomic mass is 19.1. The van der Waals surface area contributed by atoms with Crippen LogP contribution in [-0.4, -0.2) is 14.1 Å². The van der Waals surface area contributed by atoms with Gasteiger partial charge in [0.15, 0.2) is 0 Å². The van der Waals surface area contributed by atoms with Gasteiger partial charge < -0.3 is 10.6 Å². The maximum absolute atomic E-state index is 13.2. The highest BCUT2D eigenvalue weighted by Crippen LogP contribution is 2.23. The van der Waals surface area contributed by atoms with Crippen LogP contribution in [0.5, 0.6) is 0 Å². The van der Waals surface area contributed by atoms with Crippen LogP contribution in [0, 0.1) is 11.6 Å². The Hall–Kier alpha value is -1.94. The number of hydrogen-bond donors (Lipinski definition) is 1. The molecular weight excluding hydrogens is 246 g/mol. The molecule has 0 aliphatic rings. The molecule has 1 atom stereocenters. The number of anilines is 1. The Morgan fingerprint density at radius 2 is 1.42 bits per heavy atom. The van der Waals surface area contributed by atoms with Gasteiger partial charge in [-0.15, -0.1) is 0 Å². The highest BCUT2D eigenvalue weighted by molar-refractivity contribution is 5.47. The molecule has 0 heterocycles. The lowest BCUT2D eigenvalue weighted by atomic mass is 9.99. The molecule has 0 bridgehead atoms. The van der Waals surface area contributed by atoms with E-state index in [2.05, 4.69) is 0 Å². The van der Waals surface area contributed by atoms with E-state index in [4.69, 9.17) is 5.73 Å². The first-order chi connectivity index (χ1) is 8.97. The zero-order valence-corrected chi connectivity index (χ0v) is 10.9. The van der Waals surface area contributed by atoms with Crippen LogP contribution in [0.2, 0.25) is 0 Å². The molecule has 0 aromatic heterocycles. The van der Waals surface area contributed by atoms with Crippen LogP contribution in [0.4, 0.5) is 14.5 Å². The lowest BCUT2D eigenvalue weighted by Gasteiger charge is -2.16. The van der Waals surface area contributed by atoms with Gasteiger partial charge in [-0.1, -0.05) is 12.1 Å². The van der Waals surface area contributed by atoms with Crippen molar-refractivity contribution in [1.29, 1.82) is 0 Å². The van der Waals surface area contributed by atoms with Crippen molar-refractivity contribution in [3.63, 3.8) is 0 Å². The first kappa shape index (κ1) is 13.5. The summed E-state index contributed by atoms with van der Waals surface area (Å²) in [4.78, 5) is 1.97. The zero-order chi connectivity index (χ0) is 14.0. The smallest absolute Gasteiger partial charge is 0.126 e. The molecule has 0 saturated heterocycles. The topological polar surface area (TPSA) is 29.3 Å². The van der Waals surface area contributed by atoms with Gasteiger partial charge in [-0.25, -0.2) is 8.78 Å². The van der Waals surface area contributed by atoms with Crippen LogP contribution in [-0.2, 0) is 0 Å². The molecule has 0 amide bonds. The minimum atomic E-state index is -0.615. The molecule has 2 aromatic carbocycles. The normalized spacial score (nSPS) is 12.3. The molecule has 2 rings (SSSR count). The third-order valence-electron chi connectivity index (χ3n) is 3.01. The van der Waals surface area contributed by atoms with Gasteiger partial charge in [0.25, 0.3) is 0 Å². The van der Waals surface area contributed by atoms with E-state index < -0.39 is 17.7 Å². The first-order valence-corrected chi connectivity index (χ1v) is 5.96. The van der Waals surface area contributed by atoms with E-state index in [-0.39, 0.29) is 0 Å². The molecule has 0 spiro atoms. The Labute approximate surface area is 111 Å². The van der Waals surface area contributed by atoms with Gasteiger partial charge in [-0.05, 0) is 35.4 Å². The summed E-state index contributed by atoms with van der Waals surface area (Å²) in [5.74, 6) is -1.23. The maximum Gasteiger partial charge on any atom is 0.126 e. The fourth-order valence-electron chi connectivity index (χ4n) is 1.93. The monoisotopic (exact) mass is 262 g/mol. The minimum absolute atomic E-state index is 0.426. The molecule has 1 unspecified atom stereocenters. The third kappa shape index (κ3) is 3.09. The number of halogens is 2. The second-order valence-corrected chi connectivity index (χ2v) is 4.67. The molecule has 19 heavy (non-hydrogen) atoms. The van der Waals surface area contributed by atoms with Crippen LogP contribution in [0.1, 0.15) is 17.2 Å². The van der Waals surface area contributed by atoms with E-state index in [1.165, 1.54) is 12.1 Å². The zero-order valence-electron chi connectivity index (χ0n) is 10.9. The van der Waals surface area contributed by atoms with Crippen molar-refractivity contribution < 1.29 is 8.78 Å². The summed E-state index contributed by atoms with van der Waals surface area (Å²) in [6.07, 6.45) is 0. The van der Waals surface area contributed by atoms with Crippen molar-refractivity contribution in [3.05, 3.63) is 65.2 Å². The quantitative estimate of drug-likeness (QED) is 0.921. The van der Waals surface area contributed by atoms with Crippen LogP contribution >= 0.6 is 0 Å². The Bertz CT molecular complexity index is 545. The van der Waals surface area contributed by atoms with Gasteiger partial charge in [0.05, 0.1) is 6.04 Å². The van der Waals surface area contributed by atoms with Crippen molar-refractivity contribution in [3.8, 4) is 0 Å². The van der Waals surface area contributed by atoms with E-state index >= 15 is 0 Å². The predicted octanol–water partition coefficient (Wildman–Crippen LogP) is 3.08. The fourth-order valence-corrected chi connectivity index (χ4v) is 1.93. The Morgan fingerprint density at radius 3 is 1.89 bits per heavy atom. The van der Waals surface area contributed by atoms with Crippen molar-refractivity contribution in [2.45, 2.75) is 6.04 Å². The van der Waals surface area contributed by atoms with Gasteiger partial charge in [0.2, 0.25) is 0 Å². The molecule has 2 nitrogen and oxygen atoms in total. The predicted molar refractivity (Wildman–Crippen MR) is 73.2 cm³/mol. The molecule has 0 saturated carbocycles. The number of nitrogens with two attached hydrogens (primary N) is 1. The Balaban J connectivity index is 2.30. The number of benzene rings is 2. The number of hydrogen-bond acceptors (Lipinski definition) is 2. The summed E-state index contributed by atoms with van der Waals surface area (Å²) in [5, 5.41) is 0. The third-order valence-corrected chi connectivity index (χ3v) is 3.01. The summed E-state index contributed by atoms with van der Waals surface area (Å²) in [5.41, 5.74) is 8.32. The van der Waals surface area contributed by atoms with Crippen molar-refractivity contribution in [1.82, 2.24) is 0 Å². The van der Waals surface area contributed by atoms with Gasteiger partial charge in [0.1, 0.15) is 11.6 Å². The van der Waals surface area contributed by atoms with E-state index in [1.54, 1.807) is 0 Å². The SMILES string of the molecule is CN(C)c1ccc(C(N)c2cc(F)cc(F)c2)cc1. The number of nitrogens with zero attached hydrogens (tertiary/aromatic N) is 1. The molecule has 2 N–H and O–H groups in total. The molecule has 4 heteroatoms. The van der Waals surface area contributed by atoms with Crippen LogP contribution in [0.15, 0.2) is 42.5 Å². The summed E-state index contributed by atoms with van der Waals surface area (Å²) in [6.45, 7) is 0. The molecule has 2 aromatic rings. The van der Waals surface area contributed by atoms with Gasteiger partial charge in [-0.2, -0.15) is 0 Å². The van der Waals surface area contributed by atoms with E-state index in [9.17, 15) is 8.78 Å². The molecule has 0 fully saturated rings. The fraction of sp³-hybridized carbons (Fsp3) is 0.200. The average Bonchev–Trinajstić information content (AvgIpc) is 2.37. The van der Waals surface area contributed by atoms with Crippen LogP contribution in [0.3, 0.4) is 0 Å². The maximum atomic E-state index is 13.2. The van der Waals surface area contributed by atoms with Crippen LogP contribution < -0.4 is 10.6 Å². The summed E-state index contributed by atoms with van der Waals surface area (Å²) >= 11 is 0. The Kier molecular flexibility index (Phi) is 3.81. The molecule has 0 aliphatic carbocycles. The second kappa shape index (κ2) is 5.36. The summed E-state index contributed by atoms with van der Waals surface area (Å²) in [7, 11) is 3.88. The van der Waals surface area contributed by atoms with Gasteiger partial charge >= 0.3 is 0 Å². The first-order valence-electron chi connectivity index (χ1n) is 5.96.